The van der Waals surface area contributed by atoms with E-state index in [1.807, 2.05) is 12.1 Å². The highest BCUT2D eigenvalue weighted by Crippen LogP contribution is 2.20. The van der Waals surface area contributed by atoms with Crippen molar-refractivity contribution < 1.29 is 9.53 Å². The number of methoxy groups -OCH3 is 1. The molecular weight excluding hydrogens is 190 g/mol. The second-order valence-electron chi connectivity index (χ2n) is 3.34. The van der Waals surface area contributed by atoms with E-state index >= 15 is 0 Å². The van der Waals surface area contributed by atoms with Crippen LogP contribution in [0.25, 0.3) is 5.57 Å². The molecule has 0 aliphatic rings. The number of ether oxygens (including phenoxy) is 1. The molecule has 1 aromatic carbocycles. The van der Waals surface area contributed by atoms with Crippen molar-refractivity contribution in [3.05, 3.63) is 35.5 Å². The Labute approximate surface area is 89.5 Å². The number of ketones is 1. The third-order valence-electron chi connectivity index (χ3n) is 2.13. The van der Waals surface area contributed by atoms with Crippen molar-refractivity contribution in [2.45, 2.75) is 13.8 Å². The van der Waals surface area contributed by atoms with Crippen LogP contribution in [0, 0.1) is 0 Å². The third kappa shape index (κ3) is 2.59. The van der Waals surface area contributed by atoms with Crippen LogP contribution in [0.1, 0.15) is 19.4 Å². The summed E-state index contributed by atoms with van der Waals surface area (Å²) in [4.78, 5) is 11.4. The van der Waals surface area contributed by atoms with Gasteiger partial charge in [0.1, 0.15) is 5.75 Å². The highest BCUT2D eigenvalue weighted by Gasteiger charge is 2.09. The molecule has 0 spiro atoms. The molecule has 1 aromatic rings. The van der Waals surface area contributed by atoms with E-state index in [4.69, 9.17) is 10.5 Å². The van der Waals surface area contributed by atoms with Crippen LogP contribution in [0.2, 0.25) is 0 Å². The number of carbonyl (C=O) groups excluding carboxylic acids is 1. The number of hydrogen-bond donors (Lipinski definition) is 1. The van der Waals surface area contributed by atoms with Crippen LogP contribution in [0.15, 0.2) is 30.0 Å². The summed E-state index contributed by atoms with van der Waals surface area (Å²) in [6.45, 7) is 3.23. The first-order valence-corrected chi connectivity index (χ1v) is 4.68. The van der Waals surface area contributed by atoms with Crippen LogP contribution in [0.5, 0.6) is 5.75 Å². The standard InChI is InChI=1S/C12H15NO2/c1-8(13)12(9(2)14)10-4-6-11(15-3)7-5-10/h4-7H,13H2,1-3H3/b12-8+. The summed E-state index contributed by atoms with van der Waals surface area (Å²) in [5.74, 6) is 0.733. The van der Waals surface area contributed by atoms with Gasteiger partial charge in [-0.05, 0) is 31.5 Å². The third-order valence-corrected chi connectivity index (χ3v) is 2.13. The molecule has 0 radical (unpaired) electrons. The SMILES string of the molecule is COc1ccc(/C(C(C)=O)=C(\C)N)cc1. The van der Waals surface area contributed by atoms with Crippen molar-refractivity contribution >= 4 is 11.4 Å². The lowest BCUT2D eigenvalue weighted by Gasteiger charge is -2.07. The van der Waals surface area contributed by atoms with Crippen LogP contribution in [0.4, 0.5) is 0 Å². The monoisotopic (exact) mass is 205 g/mol. The molecule has 0 atom stereocenters. The van der Waals surface area contributed by atoms with E-state index < -0.39 is 0 Å². The van der Waals surface area contributed by atoms with Gasteiger partial charge in [0.05, 0.1) is 7.11 Å². The summed E-state index contributed by atoms with van der Waals surface area (Å²) in [5, 5.41) is 0. The zero-order chi connectivity index (χ0) is 11.4. The topological polar surface area (TPSA) is 52.3 Å². The van der Waals surface area contributed by atoms with Gasteiger partial charge < -0.3 is 10.5 Å². The molecule has 3 nitrogen and oxygen atoms in total. The number of nitrogens with two attached hydrogens (primary N) is 1. The summed E-state index contributed by atoms with van der Waals surface area (Å²) in [6.07, 6.45) is 0. The largest absolute Gasteiger partial charge is 0.497 e. The van der Waals surface area contributed by atoms with Crippen molar-refractivity contribution in [1.29, 1.82) is 0 Å². The van der Waals surface area contributed by atoms with Crippen molar-refractivity contribution in [3.8, 4) is 5.75 Å². The molecule has 2 N–H and O–H groups in total. The van der Waals surface area contributed by atoms with Crippen molar-refractivity contribution in [3.63, 3.8) is 0 Å². The predicted octanol–water partition coefficient (Wildman–Crippen LogP) is 1.97. The molecule has 0 fully saturated rings. The quantitative estimate of drug-likeness (QED) is 0.767. The maximum Gasteiger partial charge on any atom is 0.162 e. The van der Waals surface area contributed by atoms with E-state index in [0.717, 1.165) is 11.3 Å². The fourth-order valence-corrected chi connectivity index (χ4v) is 1.47. The summed E-state index contributed by atoms with van der Waals surface area (Å²) < 4.78 is 5.04. The zero-order valence-electron chi connectivity index (χ0n) is 9.20. The van der Waals surface area contributed by atoms with E-state index in [0.29, 0.717) is 11.3 Å². The fourth-order valence-electron chi connectivity index (χ4n) is 1.47. The average Bonchev–Trinajstić information content (AvgIpc) is 2.18. The van der Waals surface area contributed by atoms with Gasteiger partial charge in [0.15, 0.2) is 5.78 Å². The van der Waals surface area contributed by atoms with Crippen LogP contribution < -0.4 is 10.5 Å². The normalized spacial score (nSPS) is 11.9. The Morgan fingerprint density at radius 2 is 1.73 bits per heavy atom. The number of Topliss-reactive ketones (excluding diaryl/α,β-unsaturated/α-hetero) is 1. The minimum Gasteiger partial charge on any atom is -0.497 e. The first kappa shape index (κ1) is 11.3. The van der Waals surface area contributed by atoms with Crippen molar-refractivity contribution in [2.24, 2.45) is 5.73 Å². The highest BCUT2D eigenvalue weighted by atomic mass is 16.5. The zero-order valence-corrected chi connectivity index (χ0v) is 9.20. The van der Waals surface area contributed by atoms with Gasteiger partial charge in [-0.25, -0.2) is 0 Å². The summed E-state index contributed by atoms with van der Waals surface area (Å²) >= 11 is 0. The Morgan fingerprint density at radius 3 is 2.07 bits per heavy atom. The molecular formula is C12H15NO2. The van der Waals surface area contributed by atoms with E-state index in [2.05, 4.69) is 0 Å². The van der Waals surface area contributed by atoms with E-state index in [1.54, 1.807) is 26.2 Å². The summed E-state index contributed by atoms with van der Waals surface area (Å²) in [6, 6.07) is 7.26. The van der Waals surface area contributed by atoms with Crippen LogP contribution in [-0.4, -0.2) is 12.9 Å². The predicted molar refractivity (Wildman–Crippen MR) is 60.5 cm³/mol. The van der Waals surface area contributed by atoms with Crippen molar-refractivity contribution in [2.75, 3.05) is 7.11 Å². The van der Waals surface area contributed by atoms with Gasteiger partial charge in [0.2, 0.25) is 0 Å². The second-order valence-corrected chi connectivity index (χ2v) is 3.34. The molecule has 15 heavy (non-hydrogen) atoms. The van der Waals surface area contributed by atoms with Gasteiger partial charge in [-0.1, -0.05) is 12.1 Å². The molecule has 0 saturated heterocycles. The van der Waals surface area contributed by atoms with Crippen LogP contribution in [0.3, 0.4) is 0 Å². The fraction of sp³-hybridized carbons (Fsp3) is 0.250. The maximum atomic E-state index is 11.4. The Bertz CT molecular complexity index is 387. The van der Waals surface area contributed by atoms with Gasteiger partial charge in [-0.3, -0.25) is 4.79 Å². The molecule has 0 aliphatic carbocycles. The molecule has 0 aliphatic heterocycles. The van der Waals surface area contributed by atoms with Crippen molar-refractivity contribution in [1.82, 2.24) is 0 Å². The Morgan fingerprint density at radius 1 is 1.20 bits per heavy atom. The summed E-state index contributed by atoms with van der Waals surface area (Å²) in [5.41, 5.74) is 7.59. The molecule has 0 amide bonds. The molecule has 0 aromatic heterocycles. The lowest BCUT2D eigenvalue weighted by Crippen LogP contribution is -2.05. The smallest absolute Gasteiger partial charge is 0.162 e. The molecule has 80 valence electrons. The number of allylic oxidation sites excluding steroid dienone is 2. The highest BCUT2D eigenvalue weighted by molar-refractivity contribution is 6.20. The van der Waals surface area contributed by atoms with E-state index in [-0.39, 0.29) is 5.78 Å². The minimum atomic E-state index is -0.0276. The number of benzene rings is 1. The van der Waals surface area contributed by atoms with Gasteiger partial charge in [-0.2, -0.15) is 0 Å². The van der Waals surface area contributed by atoms with Gasteiger partial charge in [-0.15, -0.1) is 0 Å². The average molecular weight is 205 g/mol. The summed E-state index contributed by atoms with van der Waals surface area (Å²) in [7, 11) is 1.60. The number of hydrogen-bond acceptors (Lipinski definition) is 3. The second kappa shape index (κ2) is 4.64. The molecule has 0 unspecified atom stereocenters. The lowest BCUT2D eigenvalue weighted by molar-refractivity contribution is -0.111. The Kier molecular flexibility index (Phi) is 3.50. The van der Waals surface area contributed by atoms with Crippen LogP contribution >= 0.6 is 0 Å². The van der Waals surface area contributed by atoms with Crippen LogP contribution in [-0.2, 0) is 4.79 Å². The van der Waals surface area contributed by atoms with E-state index in [1.165, 1.54) is 6.92 Å². The molecule has 0 heterocycles. The Hall–Kier alpha value is -1.77. The Balaban J connectivity index is 3.15. The first-order valence-electron chi connectivity index (χ1n) is 4.68. The number of rotatable bonds is 3. The first-order chi connectivity index (χ1) is 7.06. The molecule has 0 bridgehead atoms. The molecule has 1 rings (SSSR count). The molecule has 0 saturated carbocycles. The lowest BCUT2D eigenvalue weighted by atomic mass is 10.0. The van der Waals surface area contributed by atoms with Gasteiger partial charge in [0, 0.05) is 11.3 Å². The van der Waals surface area contributed by atoms with Gasteiger partial charge >= 0.3 is 0 Å². The van der Waals surface area contributed by atoms with E-state index in [9.17, 15) is 4.79 Å². The molecule has 3 heteroatoms. The number of carbonyl (C=O) groups is 1. The minimum absolute atomic E-state index is 0.0276. The maximum absolute atomic E-state index is 11.4. The van der Waals surface area contributed by atoms with Gasteiger partial charge in [0.25, 0.3) is 0 Å².